The van der Waals surface area contributed by atoms with E-state index in [1.165, 1.54) is 0 Å². The monoisotopic (exact) mass is 314 g/mol. The summed E-state index contributed by atoms with van der Waals surface area (Å²) >= 11 is 3.59. The van der Waals surface area contributed by atoms with Gasteiger partial charge in [0.15, 0.2) is 0 Å². The molecule has 18 heavy (non-hydrogen) atoms. The first kappa shape index (κ1) is 13.5. The van der Waals surface area contributed by atoms with Gasteiger partial charge in [-0.2, -0.15) is 5.10 Å². The van der Waals surface area contributed by atoms with Crippen molar-refractivity contribution in [2.24, 2.45) is 7.05 Å². The molecule has 100 valence electrons. The van der Waals surface area contributed by atoms with Crippen molar-refractivity contribution in [3.63, 3.8) is 0 Å². The van der Waals surface area contributed by atoms with Gasteiger partial charge in [0.1, 0.15) is 0 Å². The molecule has 1 amide bonds. The van der Waals surface area contributed by atoms with Crippen molar-refractivity contribution in [1.29, 1.82) is 0 Å². The third-order valence-corrected chi connectivity index (χ3v) is 4.19. The minimum absolute atomic E-state index is 0.164. The predicted octanol–water partition coefficient (Wildman–Crippen LogP) is 1.11. The van der Waals surface area contributed by atoms with E-state index in [1.54, 1.807) is 0 Å². The number of nitrogens with zero attached hydrogens (tertiary/aromatic N) is 2. The van der Waals surface area contributed by atoms with Gasteiger partial charge in [-0.05, 0) is 28.8 Å². The van der Waals surface area contributed by atoms with E-state index < -0.39 is 0 Å². The first-order valence-corrected chi connectivity index (χ1v) is 7.11. The fraction of sp³-hybridized carbons (Fsp3) is 0.667. The molecule has 6 heteroatoms. The van der Waals surface area contributed by atoms with Crippen LogP contribution in [-0.4, -0.2) is 28.3 Å². The van der Waals surface area contributed by atoms with E-state index in [0.29, 0.717) is 6.42 Å². The fourth-order valence-electron chi connectivity index (χ4n) is 2.21. The molecular weight excluding hydrogens is 296 g/mol. The fourth-order valence-corrected chi connectivity index (χ4v) is 2.96. The average Bonchev–Trinajstić information content (AvgIpc) is 2.86. The molecule has 1 aromatic rings. The highest BCUT2D eigenvalue weighted by Gasteiger charge is 2.20. The number of halogens is 1. The maximum absolute atomic E-state index is 11.1. The van der Waals surface area contributed by atoms with Crippen LogP contribution in [0.2, 0.25) is 0 Å². The highest BCUT2D eigenvalue weighted by molar-refractivity contribution is 9.10. The standard InChI is InChI=1S/C12H19BrN4O/c1-3-9-12(13)10(17(2)16-9)7-14-6-8-4-5-11(18)15-8/h8,14H,3-7H2,1-2H3,(H,15,18). The average molecular weight is 315 g/mol. The lowest BCUT2D eigenvalue weighted by atomic mass is 10.2. The van der Waals surface area contributed by atoms with Gasteiger partial charge in [0, 0.05) is 32.6 Å². The molecule has 0 saturated carbocycles. The number of carbonyl (C=O) groups excluding carboxylic acids is 1. The molecule has 1 saturated heterocycles. The second kappa shape index (κ2) is 5.84. The zero-order valence-electron chi connectivity index (χ0n) is 10.8. The van der Waals surface area contributed by atoms with Gasteiger partial charge in [-0.15, -0.1) is 0 Å². The smallest absolute Gasteiger partial charge is 0.220 e. The normalized spacial score (nSPS) is 19.3. The third-order valence-electron chi connectivity index (χ3n) is 3.27. The van der Waals surface area contributed by atoms with Crippen LogP contribution in [0, 0.1) is 0 Å². The molecule has 0 bridgehead atoms. The topological polar surface area (TPSA) is 59.0 Å². The Bertz CT molecular complexity index is 444. The van der Waals surface area contributed by atoms with Gasteiger partial charge in [-0.1, -0.05) is 6.92 Å². The van der Waals surface area contributed by atoms with E-state index in [4.69, 9.17) is 0 Å². The van der Waals surface area contributed by atoms with Crippen LogP contribution in [0.1, 0.15) is 31.2 Å². The zero-order chi connectivity index (χ0) is 13.1. The van der Waals surface area contributed by atoms with Gasteiger partial charge < -0.3 is 10.6 Å². The molecule has 5 nitrogen and oxygen atoms in total. The first-order chi connectivity index (χ1) is 8.61. The lowest BCUT2D eigenvalue weighted by Crippen LogP contribution is -2.35. The van der Waals surface area contributed by atoms with Gasteiger partial charge in [-0.3, -0.25) is 9.48 Å². The van der Waals surface area contributed by atoms with Crippen LogP contribution in [0.25, 0.3) is 0 Å². The molecule has 2 N–H and O–H groups in total. The van der Waals surface area contributed by atoms with E-state index >= 15 is 0 Å². The van der Waals surface area contributed by atoms with Crippen molar-refractivity contribution >= 4 is 21.8 Å². The molecule has 1 aliphatic rings. The van der Waals surface area contributed by atoms with Gasteiger partial charge in [-0.25, -0.2) is 0 Å². The number of nitrogens with one attached hydrogen (secondary N) is 2. The number of aromatic nitrogens is 2. The van der Waals surface area contributed by atoms with E-state index in [1.807, 2.05) is 11.7 Å². The summed E-state index contributed by atoms with van der Waals surface area (Å²) in [6, 6.07) is 0.273. The van der Waals surface area contributed by atoms with Crippen molar-refractivity contribution in [2.75, 3.05) is 6.54 Å². The van der Waals surface area contributed by atoms with Crippen LogP contribution >= 0.6 is 15.9 Å². The molecule has 0 aromatic carbocycles. The van der Waals surface area contributed by atoms with Crippen molar-refractivity contribution in [2.45, 2.75) is 38.8 Å². The summed E-state index contributed by atoms with van der Waals surface area (Å²) in [5.41, 5.74) is 2.24. The first-order valence-electron chi connectivity index (χ1n) is 6.32. The molecular formula is C12H19BrN4O. The summed E-state index contributed by atoms with van der Waals surface area (Å²) in [4.78, 5) is 11.1. The summed E-state index contributed by atoms with van der Waals surface area (Å²) in [6.45, 7) is 3.67. The SMILES string of the molecule is CCc1nn(C)c(CNCC2CCC(=O)N2)c1Br. The van der Waals surface area contributed by atoms with Gasteiger partial charge in [0.25, 0.3) is 0 Å². The van der Waals surface area contributed by atoms with Crippen LogP contribution in [0.15, 0.2) is 4.47 Å². The van der Waals surface area contributed by atoms with Crippen molar-refractivity contribution in [1.82, 2.24) is 20.4 Å². The molecule has 1 unspecified atom stereocenters. The second-order valence-electron chi connectivity index (χ2n) is 4.62. The second-order valence-corrected chi connectivity index (χ2v) is 5.41. The summed E-state index contributed by atoms with van der Waals surface area (Å²) in [5.74, 6) is 0.164. The Morgan fingerprint density at radius 2 is 2.39 bits per heavy atom. The Morgan fingerprint density at radius 1 is 1.61 bits per heavy atom. The van der Waals surface area contributed by atoms with Crippen LogP contribution in [0.3, 0.4) is 0 Å². The van der Waals surface area contributed by atoms with E-state index in [2.05, 4.69) is 38.6 Å². The number of carbonyl (C=O) groups is 1. The predicted molar refractivity (Wildman–Crippen MR) is 73.2 cm³/mol. The number of hydrogen-bond donors (Lipinski definition) is 2. The Morgan fingerprint density at radius 3 is 2.94 bits per heavy atom. The van der Waals surface area contributed by atoms with Crippen LogP contribution in [0.5, 0.6) is 0 Å². The molecule has 2 rings (SSSR count). The summed E-state index contributed by atoms with van der Waals surface area (Å²) < 4.78 is 3.00. The Balaban J connectivity index is 1.86. The molecule has 0 spiro atoms. The summed E-state index contributed by atoms with van der Waals surface area (Å²) in [7, 11) is 1.96. The van der Waals surface area contributed by atoms with E-state index in [9.17, 15) is 4.79 Å². The van der Waals surface area contributed by atoms with Gasteiger partial charge in [0.05, 0.1) is 15.9 Å². The van der Waals surface area contributed by atoms with E-state index in [-0.39, 0.29) is 11.9 Å². The third kappa shape index (κ3) is 2.92. The quantitative estimate of drug-likeness (QED) is 0.856. The lowest BCUT2D eigenvalue weighted by Gasteiger charge is -2.11. The molecule has 0 radical (unpaired) electrons. The number of aryl methyl sites for hydroxylation is 2. The number of rotatable bonds is 5. The lowest BCUT2D eigenvalue weighted by molar-refractivity contribution is -0.119. The molecule has 0 aliphatic carbocycles. The summed E-state index contributed by atoms with van der Waals surface area (Å²) in [6.07, 6.45) is 2.51. The number of hydrogen-bond acceptors (Lipinski definition) is 3. The molecule has 1 fully saturated rings. The highest BCUT2D eigenvalue weighted by Crippen LogP contribution is 2.21. The summed E-state index contributed by atoms with van der Waals surface area (Å²) in [5, 5.41) is 10.8. The van der Waals surface area contributed by atoms with Crippen molar-refractivity contribution in [3.8, 4) is 0 Å². The Hall–Kier alpha value is -0.880. The van der Waals surface area contributed by atoms with Crippen LogP contribution < -0.4 is 10.6 Å². The largest absolute Gasteiger partial charge is 0.352 e. The molecule has 1 aromatic heterocycles. The minimum Gasteiger partial charge on any atom is -0.352 e. The Labute approximate surface area is 115 Å². The van der Waals surface area contributed by atoms with Gasteiger partial charge >= 0.3 is 0 Å². The van der Waals surface area contributed by atoms with Gasteiger partial charge in [0.2, 0.25) is 5.91 Å². The number of amides is 1. The molecule has 1 aliphatic heterocycles. The van der Waals surface area contributed by atoms with Crippen LogP contribution in [-0.2, 0) is 24.8 Å². The molecule has 1 atom stereocenters. The highest BCUT2D eigenvalue weighted by atomic mass is 79.9. The van der Waals surface area contributed by atoms with E-state index in [0.717, 1.165) is 41.8 Å². The molecule has 2 heterocycles. The maximum Gasteiger partial charge on any atom is 0.220 e. The van der Waals surface area contributed by atoms with Crippen molar-refractivity contribution in [3.05, 3.63) is 15.9 Å². The Kier molecular flexibility index (Phi) is 4.40. The van der Waals surface area contributed by atoms with Crippen molar-refractivity contribution < 1.29 is 4.79 Å². The minimum atomic E-state index is 0.164. The van der Waals surface area contributed by atoms with Crippen LogP contribution in [0.4, 0.5) is 0 Å². The zero-order valence-corrected chi connectivity index (χ0v) is 12.4. The maximum atomic E-state index is 11.1.